The summed E-state index contributed by atoms with van der Waals surface area (Å²) >= 11 is 0. The number of nitrogens with zero attached hydrogens (tertiary/aromatic N) is 2. The average Bonchev–Trinajstić information content (AvgIpc) is 2.70. The van der Waals surface area contributed by atoms with Gasteiger partial charge in [0.1, 0.15) is 17.4 Å². The molecule has 2 rings (SSSR count). The molecule has 0 unspecified atom stereocenters. The smallest absolute Gasteiger partial charge is 0.262 e. The molecule has 0 fully saturated rings. The molecule has 1 N–H and O–H groups in total. The highest BCUT2D eigenvalue weighted by Gasteiger charge is 2.09. The third kappa shape index (κ3) is 6.28. The molecule has 0 bridgehead atoms. The van der Waals surface area contributed by atoms with Crippen molar-refractivity contribution in [3.05, 3.63) is 70.8 Å². The summed E-state index contributed by atoms with van der Waals surface area (Å²) in [6, 6.07) is 17.3. The molecule has 1 amide bonds. The Morgan fingerprint density at radius 1 is 1.22 bits per heavy atom. The van der Waals surface area contributed by atoms with Gasteiger partial charge in [0, 0.05) is 13.1 Å². The maximum atomic E-state index is 12.4. The van der Waals surface area contributed by atoms with E-state index in [1.807, 2.05) is 36.4 Å². The van der Waals surface area contributed by atoms with Crippen molar-refractivity contribution in [2.24, 2.45) is 0 Å². The second-order valence-electron chi connectivity index (χ2n) is 6.28. The van der Waals surface area contributed by atoms with Gasteiger partial charge in [-0.1, -0.05) is 43.3 Å². The lowest BCUT2D eigenvalue weighted by molar-refractivity contribution is -0.117. The molecular formula is C22H25N3O2. The van der Waals surface area contributed by atoms with Gasteiger partial charge in [-0.05, 0) is 48.5 Å². The van der Waals surface area contributed by atoms with Gasteiger partial charge >= 0.3 is 0 Å². The summed E-state index contributed by atoms with van der Waals surface area (Å²) in [4.78, 5) is 14.6. The zero-order chi connectivity index (χ0) is 19.6. The van der Waals surface area contributed by atoms with Crippen molar-refractivity contribution in [3.8, 4) is 11.8 Å². The fourth-order valence-corrected chi connectivity index (χ4v) is 2.59. The molecule has 2 aromatic carbocycles. The standard InChI is InChI=1S/C22H25N3O2/c1-4-25(2)16-19-9-5-8-18(11-19)15-24-22(26)20(14-23)12-17-7-6-10-21(13-17)27-3/h5-13H,4,15-16H2,1-3H3,(H,24,26)/b20-12+. The summed E-state index contributed by atoms with van der Waals surface area (Å²) in [6.07, 6.45) is 1.56. The molecule has 2 aromatic rings. The van der Waals surface area contributed by atoms with Gasteiger partial charge in [0.05, 0.1) is 7.11 Å². The van der Waals surface area contributed by atoms with E-state index < -0.39 is 5.91 Å². The van der Waals surface area contributed by atoms with Crippen LogP contribution in [0, 0.1) is 11.3 Å². The van der Waals surface area contributed by atoms with Crippen molar-refractivity contribution in [1.29, 1.82) is 5.26 Å². The van der Waals surface area contributed by atoms with Crippen LogP contribution in [-0.4, -0.2) is 31.5 Å². The normalized spacial score (nSPS) is 11.1. The molecule has 140 valence electrons. The summed E-state index contributed by atoms with van der Waals surface area (Å²) in [5, 5.41) is 12.2. The third-order valence-corrected chi connectivity index (χ3v) is 4.21. The predicted octanol–water partition coefficient (Wildman–Crippen LogP) is 3.37. The molecule has 0 aliphatic carbocycles. The van der Waals surface area contributed by atoms with E-state index in [1.165, 1.54) is 5.56 Å². The van der Waals surface area contributed by atoms with Crippen LogP contribution in [0.3, 0.4) is 0 Å². The minimum atomic E-state index is -0.392. The number of nitrogens with one attached hydrogen (secondary N) is 1. The van der Waals surface area contributed by atoms with E-state index in [0.717, 1.165) is 24.2 Å². The molecule has 0 saturated carbocycles. The lowest BCUT2D eigenvalue weighted by Gasteiger charge is -2.14. The van der Waals surface area contributed by atoms with Crippen molar-refractivity contribution < 1.29 is 9.53 Å². The van der Waals surface area contributed by atoms with E-state index in [0.29, 0.717) is 12.3 Å². The van der Waals surface area contributed by atoms with E-state index in [2.05, 4.69) is 36.3 Å². The van der Waals surface area contributed by atoms with Crippen LogP contribution in [-0.2, 0) is 17.9 Å². The number of hydrogen-bond donors (Lipinski definition) is 1. The summed E-state index contributed by atoms with van der Waals surface area (Å²) in [6.45, 7) is 4.32. The first-order chi connectivity index (χ1) is 13.0. The average molecular weight is 363 g/mol. The van der Waals surface area contributed by atoms with Crippen molar-refractivity contribution in [2.45, 2.75) is 20.0 Å². The second kappa shape index (κ2) is 10.1. The highest BCUT2D eigenvalue weighted by molar-refractivity contribution is 6.01. The van der Waals surface area contributed by atoms with E-state index in [-0.39, 0.29) is 5.57 Å². The highest BCUT2D eigenvalue weighted by atomic mass is 16.5. The second-order valence-corrected chi connectivity index (χ2v) is 6.28. The molecular weight excluding hydrogens is 338 g/mol. The predicted molar refractivity (Wildman–Crippen MR) is 107 cm³/mol. The minimum absolute atomic E-state index is 0.0603. The van der Waals surface area contributed by atoms with Gasteiger partial charge in [-0.2, -0.15) is 5.26 Å². The highest BCUT2D eigenvalue weighted by Crippen LogP contribution is 2.15. The Morgan fingerprint density at radius 2 is 1.96 bits per heavy atom. The van der Waals surface area contributed by atoms with E-state index >= 15 is 0 Å². The van der Waals surface area contributed by atoms with Gasteiger partial charge in [0.25, 0.3) is 5.91 Å². The lowest BCUT2D eigenvalue weighted by atomic mass is 10.1. The number of benzene rings is 2. The first-order valence-electron chi connectivity index (χ1n) is 8.86. The van der Waals surface area contributed by atoms with E-state index in [9.17, 15) is 10.1 Å². The molecule has 0 atom stereocenters. The van der Waals surface area contributed by atoms with Gasteiger partial charge in [0.15, 0.2) is 0 Å². The van der Waals surface area contributed by atoms with Crippen molar-refractivity contribution in [3.63, 3.8) is 0 Å². The maximum Gasteiger partial charge on any atom is 0.262 e. The molecule has 5 nitrogen and oxygen atoms in total. The van der Waals surface area contributed by atoms with Crippen LogP contribution in [0.2, 0.25) is 0 Å². The summed E-state index contributed by atoms with van der Waals surface area (Å²) in [5.41, 5.74) is 3.00. The topological polar surface area (TPSA) is 65.4 Å². The first-order valence-corrected chi connectivity index (χ1v) is 8.86. The SMILES string of the molecule is CCN(C)Cc1cccc(CNC(=O)/C(C#N)=C/c2cccc(OC)c2)c1. The molecule has 5 heteroatoms. The van der Waals surface area contributed by atoms with Gasteiger partial charge in [-0.25, -0.2) is 0 Å². The van der Waals surface area contributed by atoms with Crippen LogP contribution in [0.5, 0.6) is 5.75 Å². The summed E-state index contributed by atoms with van der Waals surface area (Å²) in [5.74, 6) is 0.284. The fraction of sp³-hybridized carbons (Fsp3) is 0.273. The van der Waals surface area contributed by atoms with Gasteiger partial charge in [0.2, 0.25) is 0 Å². The third-order valence-electron chi connectivity index (χ3n) is 4.21. The largest absolute Gasteiger partial charge is 0.497 e. The number of amides is 1. The van der Waals surface area contributed by atoms with Crippen LogP contribution >= 0.6 is 0 Å². The number of methoxy groups -OCH3 is 1. The number of hydrogen-bond acceptors (Lipinski definition) is 4. The number of nitriles is 1. The summed E-state index contributed by atoms with van der Waals surface area (Å²) in [7, 11) is 3.64. The van der Waals surface area contributed by atoms with Crippen molar-refractivity contribution in [1.82, 2.24) is 10.2 Å². The number of ether oxygens (including phenoxy) is 1. The zero-order valence-electron chi connectivity index (χ0n) is 16.0. The molecule has 0 spiro atoms. The molecule has 0 saturated heterocycles. The molecule has 0 radical (unpaired) electrons. The Balaban J connectivity index is 2.04. The number of rotatable bonds is 8. The van der Waals surface area contributed by atoms with Crippen LogP contribution in [0.15, 0.2) is 54.1 Å². The van der Waals surface area contributed by atoms with Crippen LogP contribution in [0.1, 0.15) is 23.6 Å². The van der Waals surface area contributed by atoms with Crippen LogP contribution in [0.4, 0.5) is 0 Å². The quantitative estimate of drug-likeness (QED) is 0.577. The van der Waals surface area contributed by atoms with Crippen LogP contribution < -0.4 is 10.1 Å². The monoisotopic (exact) mass is 363 g/mol. The van der Waals surface area contributed by atoms with Crippen LogP contribution in [0.25, 0.3) is 6.08 Å². The molecule has 0 heterocycles. The molecule has 0 aromatic heterocycles. The fourth-order valence-electron chi connectivity index (χ4n) is 2.59. The Bertz CT molecular complexity index is 853. The van der Waals surface area contributed by atoms with E-state index in [1.54, 1.807) is 19.3 Å². The van der Waals surface area contributed by atoms with Gasteiger partial charge < -0.3 is 15.0 Å². The minimum Gasteiger partial charge on any atom is -0.497 e. The Kier molecular flexibility index (Phi) is 7.60. The van der Waals surface area contributed by atoms with Crippen molar-refractivity contribution >= 4 is 12.0 Å². The number of carbonyl (C=O) groups is 1. The number of carbonyl (C=O) groups excluding carboxylic acids is 1. The van der Waals surface area contributed by atoms with Gasteiger partial charge in [-0.3, -0.25) is 4.79 Å². The Morgan fingerprint density at radius 3 is 2.67 bits per heavy atom. The zero-order valence-corrected chi connectivity index (χ0v) is 16.0. The first kappa shape index (κ1) is 20.2. The Labute approximate surface area is 160 Å². The van der Waals surface area contributed by atoms with Gasteiger partial charge in [-0.15, -0.1) is 0 Å². The maximum absolute atomic E-state index is 12.4. The molecule has 0 aliphatic heterocycles. The summed E-state index contributed by atoms with van der Waals surface area (Å²) < 4.78 is 5.17. The Hall–Kier alpha value is -3.10. The van der Waals surface area contributed by atoms with Crippen molar-refractivity contribution in [2.75, 3.05) is 20.7 Å². The molecule has 27 heavy (non-hydrogen) atoms. The lowest BCUT2D eigenvalue weighted by Crippen LogP contribution is -2.24. The molecule has 0 aliphatic rings. The van der Waals surface area contributed by atoms with E-state index in [4.69, 9.17) is 4.74 Å².